The van der Waals surface area contributed by atoms with Gasteiger partial charge in [-0.3, -0.25) is 0 Å². The van der Waals surface area contributed by atoms with Crippen molar-refractivity contribution in [3.05, 3.63) is 29.5 Å². The summed E-state index contributed by atoms with van der Waals surface area (Å²) in [6.07, 6.45) is 3.25. The van der Waals surface area contributed by atoms with E-state index in [1.165, 1.54) is 0 Å². The fourth-order valence-corrected chi connectivity index (χ4v) is 1.29. The van der Waals surface area contributed by atoms with Gasteiger partial charge in [0.05, 0.1) is 18.3 Å². The first-order chi connectivity index (χ1) is 6.31. The van der Waals surface area contributed by atoms with E-state index in [0.29, 0.717) is 16.4 Å². The van der Waals surface area contributed by atoms with E-state index in [0.717, 1.165) is 5.39 Å². The Morgan fingerprint density at radius 1 is 1.38 bits per heavy atom. The number of fused-ring (bicyclic) bond motifs is 1. The second-order valence-electron chi connectivity index (χ2n) is 2.54. The number of methoxy groups -OCH3 is 1. The van der Waals surface area contributed by atoms with E-state index < -0.39 is 0 Å². The van der Waals surface area contributed by atoms with Gasteiger partial charge in [-0.05, 0) is 12.1 Å². The zero-order chi connectivity index (χ0) is 9.26. The van der Waals surface area contributed by atoms with Crippen molar-refractivity contribution in [2.75, 3.05) is 7.11 Å². The Bertz CT molecular complexity index is 445. The molecule has 4 heteroatoms. The lowest BCUT2D eigenvalue weighted by atomic mass is 10.3. The number of aromatic nitrogens is 2. The van der Waals surface area contributed by atoms with E-state index in [-0.39, 0.29) is 0 Å². The lowest BCUT2D eigenvalue weighted by molar-refractivity contribution is 0.413. The molecule has 0 bridgehead atoms. The van der Waals surface area contributed by atoms with Crippen LogP contribution in [-0.2, 0) is 0 Å². The zero-order valence-electron chi connectivity index (χ0n) is 6.99. The third-order valence-electron chi connectivity index (χ3n) is 1.75. The molecule has 0 aliphatic rings. The number of rotatable bonds is 1. The summed E-state index contributed by atoms with van der Waals surface area (Å²) in [5.74, 6) is 0.683. The molecule has 0 saturated heterocycles. The molecule has 0 fully saturated rings. The van der Waals surface area contributed by atoms with Gasteiger partial charge in [0.1, 0.15) is 5.75 Å². The molecule has 0 N–H and O–H groups in total. The highest BCUT2D eigenvalue weighted by Gasteiger charge is 2.01. The van der Waals surface area contributed by atoms with Crippen LogP contribution in [0.2, 0.25) is 5.02 Å². The van der Waals surface area contributed by atoms with E-state index in [1.807, 2.05) is 6.07 Å². The highest BCUT2D eigenvalue weighted by atomic mass is 35.5. The van der Waals surface area contributed by atoms with Crippen LogP contribution >= 0.6 is 11.6 Å². The zero-order valence-corrected chi connectivity index (χ0v) is 7.75. The third kappa shape index (κ3) is 1.42. The second kappa shape index (κ2) is 3.18. The Hall–Kier alpha value is -1.35. The molecule has 2 heterocycles. The molecule has 0 aliphatic carbocycles. The van der Waals surface area contributed by atoms with Crippen LogP contribution in [-0.4, -0.2) is 17.1 Å². The number of nitrogens with zero attached hydrogens (tertiary/aromatic N) is 2. The first-order valence-corrected chi connectivity index (χ1v) is 4.13. The number of halogens is 1. The fourth-order valence-electron chi connectivity index (χ4n) is 1.09. The second-order valence-corrected chi connectivity index (χ2v) is 2.95. The quantitative estimate of drug-likeness (QED) is 0.699. The summed E-state index contributed by atoms with van der Waals surface area (Å²) in [6, 6.07) is 3.54. The van der Waals surface area contributed by atoms with E-state index in [9.17, 15) is 0 Å². The Morgan fingerprint density at radius 2 is 2.23 bits per heavy atom. The molecule has 0 radical (unpaired) electrons. The van der Waals surface area contributed by atoms with Gasteiger partial charge in [0, 0.05) is 11.6 Å². The average molecular weight is 195 g/mol. The molecule has 13 heavy (non-hydrogen) atoms. The summed E-state index contributed by atoms with van der Waals surface area (Å²) in [5, 5.41) is 1.44. The predicted octanol–water partition coefficient (Wildman–Crippen LogP) is 2.29. The van der Waals surface area contributed by atoms with Gasteiger partial charge in [-0.1, -0.05) is 11.6 Å². The largest absolute Gasteiger partial charge is 0.495 e. The van der Waals surface area contributed by atoms with Gasteiger partial charge in [0.2, 0.25) is 0 Å². The SMILES string of the molecule is COc1cnc2nccc(Cl)c2c1. The van der Waals surface area contributed by atoms with Crippen LogP contribution in [0.5, 0.6) is 5.75 Å². The van der Waals surface area contributed by atoms with Gasteiger partial charge in [-0.2, -0.15) is 0 Å². The van der Waals surface area contributed by atoms with Crippen LogP contribution in [0.15, 0.2) is 24.5 Å². The lowest BCUT2D eigenvalue weighted by Crippen LogP contribution is -1.87. The molecular weight excluding hydrogens is 188 g/mol. The maximum Gasteiger partial charge on any atom is 0.160 e. The molecule has 0 unspecified atom stereocenters. The van der Waals surface area contributed by atoms with Gasteiger partial charge < -0.3 is 4.74 Å². The monoisotopic (exact) mass is 194 g/mol. The van der Waals surface area contributed by atoms with Gasteiger partial charge in [0.15, 0.2) is 5.65 Å². The van der Waals surface area contributed by atoms with Crippen molar-refractivity contribution in [1.29, 1.82) is 0 Å². The average Bonchev–Trinajstić information content (AvgIpc) is 2.18. The summed E-state index contributed by atoms with van der Waals surface area (Å²) < 4.78 is 5.03. The molecule has 2 aromatic rings. The van der Waals surface area contributed by atoms with Crippen molar-refractivity contribution in [2.45, 2.75) is 0 Å². The molecule has 66 valence electrons. The first kappa shape index (κ1) is 8.26. The molecule has 0 aromatic carbocycles. The van der Waals surface area contributed by atoms with Crippen molar-refractivity contribution in [3.63, 3.8) is 0 Å². The summed E-state index contributed by atoms with van der Waals surface area (Å²) in [4.78, 5) is 8.16. The third-order valence-corrected chi connectivity index (χ3v) is 2.08. The van der Waals surface area contributed by atoms with Crippen LogP contribution in [0.1, 0.15) is 0 Å². The Morgan fingerprint density at radius 3 is 3.00 bits per heavy atom. The minimum Gasteiger partial charge on any atom is -0.495 e. The highest BCUT2D eigenvalue weighted by molar-refractivity contribution is 6.35. The minimum atomic E-state index is 0.633. The number of pyridine rings is 2. The Kier molecular flexibility index (Phi) is 2.02. The van der Waals surface area contributed by atoms with Crippen molar-refractivity contribution in [1.82, 2.24) is 9.97 Å². The van der Waals surface area contributed by atoms with Gasteiger partial charge in [-0.25, -0.2) is 9.97 Å². The number of hydrogen-bond donors (Lipinski definition) is 0. The summed E-state index contributed by atoms with van der Waals surface area (Å²) in [7, 11) is 1.59. The van der Waals surface area contributed by atoms with Gasteiger partial charge in [-0.15, -0.1) is 0 Å². The van der Waals surface area contributed by atoms with Crippen LogP contribution in [0.25, 0.3) is 11.0 Å². The topological polar surface area (TPSA) is 35.0 Å². The molecule has 0 saturated carbocycles. The molecule has 0 amide bonds. The highest BCUT2D eigenvalue weighted by Crippen LogP contribution is 2.23. The van der Waals surface area contributed by atoms with E-state index >= 15 is 0 Å². The summed E-state index contributed by atoms with van der Waals surface area (Å²) in [5.41, 5.74) is 0.633. The van der Waals surface area contributed by atoms with E-state index in [4.69, 9.17) is 16.3 Å². The fraction of sp³-hybridized carbons (Fsp3) is 0.111. The van der Waals surface area contributed by atoms with Crippen LogP contribution < -0.4 is 4.74 Å². The Balaban J connectivity index is 2.74. The van der Waals surface area contributed by atoms with Crippen molar-refractivity contribution < 1.29 is 4.74 Å². The number of hydrogen-bond acceptors (Lipinski definition) is 3. The van der Waals surface area contributed by atoms with Crippen LogP contribution in [0.3, 0.4) is 0 Å². The molecule has 2 aromatic heterocycles. The standard InChI is InChI=1S/C9H7ClN2O/c1-13-6-4-7-8(10)2-3-11-9(7)12-5-6/h2-5H,1H3. The molecule has 2 rings (SSSR count). The van der Waals surface area contributed by atoms with Crippen LogP contribution in [0.4, 0.5) is 0 Å². The lowest BCUT2D eigenvalue weighted by Gasteiger charge is -2.01. The molecule has 0 aliphatic heterocycles. The molecule has 0 atom stereocenters. The summed E-state index contributed by atoms with van der Waals surface area (Å²) >= 11 is 5.95. The maximum absolute atomic E-state index is 5.95. The van der Waals surface area contributed by atoms with E-state index in [2.05, 4.69) is 9.97 Å². The van der Waals surface area contributed by atoms with Gasteiger partial charge in [0.25, 0.3) is 0 Å². The molecule has 0 spiro atoms. The van der Waals surface area contributed by atoms with Gasteiger partial charge >= 0.3 is 0 Å². The van der Waals surface area contributed by atoms with Crippen molar-refractivity contribution in [3.8, 4) is 5.75 Å². The van der Waals surface area contributed by atoms with Crippen molar-refractivity contribution >= 4 is 22.6 Å². The smallest absolute Gasteiger partial charge is 0.160 e. The number of ether oxygens (including phenoxy) is 1. The minimum absolute atomic E-state index is 0.633. The Labute approximate surface area is 80.3 Å². The summed E-state index contributed by atoms with van der Waals surface area (Å²) in [6.45, 7) is 0. The van der Waals surface area contributed by atoms with Crippen molar-refractivity contribution in [2.24, 2.45) is 0 Å². The normalized spacial score (nSPS) is 10.3. The first-order valence-electron chi connectivity index (χ1n) is 3.75. The van der Waals surface area contributed by atoms with E-state index in [1.54, 1.807) is 25.6 Å². The molecule has 3 nitrogen and oxygen atoms in total. The molecular formula is C9H7ClN2O. The predicted molar refractivity (Wildman–Crippen MR) is 51.1 cm³/mol. The van der Waals surface area contributed by atoms with Crippen LogP contribution in [0, 0.1) is 0 Å². The maximum atomic E-state index is 5.95.